The molecule has 1 aromatic rings. The molecule has 5 nitrogen and oxygen atoms in total. The molecule has 2 amide bonds. The van der Waals surface area contributed by atoms with E-state index >= 15 is 0 Å². The summed E-state index contributed by atoms with van der Waals surface area (Å²) in [6.07, 6.45) is 6.62. The highest BCUT2D eigenvalue weighted by molar-refractivity contribution is 8.26. The average molecular weight is 405 g/mol. The van der Waals surface area contributed by atoms with Crippen molar-refractivity contribution in [1.82, 2.24) is 9.80 Å². The maximum atomic E-state index is 12.7. The second-order valence-electron chi connectivity index (χ2n) is 6.62. The van der Waals surface area contributed by atoms with E-state index in [1.807, 2.05) is 29.2 Å². The van der Waals surface area contributed by atoms with E-state index in [4.69, 9.17) is 17.0 Å². The van der Waals surface area contributed by atoms with E-state index in [9.17, 15) is 9.59 Å². The zero-order chi connectivity index (χ0) is 19.2. The second kappa shape index (κ2) is 9.37. The zero-order valence-corrected chi connectivity index (χ0v) is 17.1. The van der Waals surface area contributed by atoms with E-state index in [0.29, 0.717) is 27.9 Å². The molecule has 2 aliphatic heterocycles. The first kappa shape index (κ1) is 19.9. The number of methoxy groups -OCH3 is 1. The molecule has 0 unspecified atom stereocenters. The van der Waals surface area contributed by atoms with Crippen LogP contribution in [0.5, 0.6) is 5.75 Å². The van der Waals surface area contributed by atoms with Crippen LogP contribution in [-0.2, 0) is 9.59 Å². The quantitative estimate of drug-likeness (QED) is 0.553. The largest absolute Gasteiger partial charge is 0.496 e. The predicted octanol–water partition coefficient (Wildman–Crippen LogP) is 3.69. The fraction of sp³-hybridized carbons (Fsp3) is 0.450. The number of thioether (sulfide) groups is 1. The number of para-hydroxylation sites is 1. The van der Waals surface area contributed by atoms with Gasteiger partial charge in [-0.3, -0.25) is 14.5 Å². The molecular formula is C20H24N2O3S2. The van der Waals surface area contributed by atoms with Gasteiger partial charge >= 0.3 is 0 Å². The van der Waals surface area contributed by atoms with Crippen molar-refractivity contribution in [2.45, 2.75) is 32.1 Å². The molecule has 0 saturated carbocycles. The Morgan fingerprint density at radius 2 is 1.93 bits per heavy atom. The molecular weight excluding hydrogens is 380 g/mol. The van der Waals surface area contributed by atoms with E-state index in [-0.39, 0.29) is 11.8 Å². The highest BCUT2D eigenvalue weighted by Crippen LogP contribution is 2.34. The van der Waals surface area contributed by atoms with Crippen molar-refractivity contribution >= 4 is 46.2 Å². The number of carbonyl (C=O) groups is 2. The summed E-state index contributed by atoms with van der Waals surface area (Å²) in [5, 5.41) is 0. The third-order valence-corrected chi connectivity index (χ3v) is 6.18. The summed E-state index contributed by atoms with van der Waals surface area (Å²) >= 11 is 6.65. The molecule has 2 heterocycles. The van der Waals surface area contributed by atoms with Gasteiger partial charge in [-0.05, 0) is 25.0 Å². The average Bonchev–Trinajstić information content (AvgIpc) is 2.87. The molecule has 2 fully saturated rings. The number of thiocarbonyl (C=S) groups is 1. The Balaban J connectivity index is 1.64. The molecule has 2 saturated heterocycles. The molecule has 0 N–H and O–H groups in total. The first-order valence-corrected chi connectivity index (χ1v) is 10.5. The maximum absolute atomic E-state index is 12.7. The van der Waals surface area contributed by atoms with Crippen molar-refractivity contribution in [3.05, 3.63) is 34.7 Å². The highest BCUT2D eigenvalue weighted by atomic mass is 32.2. The van der Waals surface area contributed by atoms with E-state index in [2.05, 4.69) is 0 Å². The third-order valence-electron chi connectivity index (χ3n) is 4.81. The zero-order valence-electron chi connectivity index (χ0n) is 15.5. The first-order valence-electron chi connectivity index (χ1n) is 9.26. The molecule has 144 valence electrons. The van der Waals surface area contributed by atoms with Crippen LogP contribution < -0.4 is 4.74 Å². The van der Waals surface area contributed by atoms with Gasteiger partial charge < -0.3 is 9.64 Å². The Kier molecular flexibility index (Phi) is 6.90. The molecule has 2 aliphatic rings. The summed E-state index contributed by atoms with van der Waals surface area (Å²) in [5.41, 5.74) is 0.834. The van der Waals surface area contributed by atoms with Crippen LogP contribution in [-0.4, -0.2) is 52.7 Å². The lowest BCUT2D eigenvalue weighted by atomic mass is 10.2. The lowest BCUT2D eigenvalue weighted by molar-refractivity contribution is -0.131. The molecule has 0 aliphatic carbocycles. The molecule has 0 spiro atoms. The molecule has 27 heavy (non-hydrogen) atoms. The Morgan fingerprint density at radius 3 is 2.63 bits per heavy atom. The minimum absolute atomic E-state index is 0.111. The fourth-order valence-corrected chi connectivity index (χ4v) is 4.60. The molecule has 1 aromatic carbocycles. The summed E-state index contributed by atoms with van der Waals surface area (Å²) in [4.78, 5) is 29.3. The van der Waals surface area contributed by atoms with Crippen LogP contribution in [0.2, 0.25) is 0 Å². The van der Waals surface area contributed by atoms with Crippen molar-refractivity contribution in [2.75, 3.05) is 26.7 Å². The van der Waals surface area contributed by atoms with Crippen LogP contribution in [0.15, 0.2) is 29.2 Å². The number of benzene rings is 1. The molecule has 0 atom stereocenters. The Labute approximate surface area is 169 Å². The Bertz CT molecular complexity index is 755. The maximum Gasteiger partial charge on any atom is 0.266 e. The first-order chi connectivity index (χ1) is 13.1. The topological polar surface area (TPSA) is 49.9 Å². The van der Waals surface area contributed by atoms with Crippen LogP contribution in [0.1, 0.15) is 37.7 Å². The number of nitrogens with zero attached hydrogens (tertiary/aromatic N) is 2. The molecule has 0 radical (unpaired) electrons. The molecule has 3 rings (SSSR count). The lowest BCUT2D eigenvalue weighted by Gasteiger charge is -2.22. The monoisotopic (exact) mass is 404 g/mol. The Morgan fingerprint density at radius 1 is 1.22 bits per heavy atom. The number of amides is 2. The highest BCUT2D eigenvalue weighted by Gasteiger charge is 2.32. The smallest absolute Gasteiger partial charge is 0.266 e. The SMILES string of the molecule is COc1ccccc1/C=C1\SC(=S)N(CCC(=O)N2CCCCCC2)C1=O. The van der Waals surface area contributed by atoms with Gasteiger partial charge in [0.1, 0.15) is 10.1 Å². The van der Waals surface area contributed by atoms with Gasteiger partial charge in [0.25, 0.3) is 5.91 Å². The number of likely N-dealkylation sites (tertiary alicyclic amines) is 1. The van der Waals surface area contributed by atoms with E-state index in [1.165, 1.54) is 29.5 Å². The van der Waals surface area contributed by atoms with Gasteiger partial charge in [0.05, 0.1) is 12.0 Å². The number of hydrogen-bond acceptors (Lipinski definition) is 5. The van der Waals surface area contributed by atoms with Crippen LogP contribution in [0, 0.1) is 0 Å². The van der Waals surface area contributed by atoms with E-state index in [1.54, 1.807) is 13.2 Å². The van der Waals surface area contributed by atoms with Crippen molar-refractivity contribution in [1.29, 1.82) is 0 Å². The van der Waals surface area contributed by atoms with Gasteiger partial charge in [0, 0.05) is 31.6 Å². The molecule has 0 aromatic heterocycles. The standard InChI is InChI=1S/C20H24N2O3S2/c1-25-16-9-5-4-8-15(16)14-17-19(24)22(20(26)27-17)13-10-18(23)21-11-6-2-3-7-12-21/h4-5,8-9,14H,2-3,6-7,10-13H2,1H3/b17-14-. The van der Waals surface area contributed by atoms with Crippen molar-refractivity contribution in [3.8, 4) is 5.75 Å². The Hall–Kier alpha value is -1.86. The van der Waals surface area contributed by atoms with E-state index in [0.717, 1.165) is 31.5 Å². The minimum atomic E-state index is -0.139. The van der Waals surface area contributed by atoms with Crippen LogP contribution >= 0.6 is 24.0 Å². The van der Waals surface area contributed by atoms with Crippen LogP contribution in [0.3, 0.4) is 0 Å². The van der Waals surface area contributed by atoms with Gasteiger partial charge in [-0.1, -0.05) is 55.0 Å². The van der Waals surface area contributed by atoms with E-state index < -0.39 is 0 Å². The fourth-order valence-electron chi connectivity index (χ4n) is 3.31. The summed E-state index contributed by atoms with van der Waals surface area (Å²) in [6, 6.07) is 7.53. The van der Waals surface area contributed by atoms with Crippen molar-refractivity contribution in [2.24, 2.45) is 0 Å². The predicted molar refractivity (Wildman–Crippen MR) is 113 cm³/mol. The lowest BCUT2D eigenvalue weighted by Crippen LogP contribution is -2.36. The van der Waals surface area contributed by atoms with Crippen molar-refractivity contribution in [3.63, 3.8) is 0 Å². The van der Waals surface area contributed by atoms with Crippen LogP contribution in [0.25, 0.3) is 6.08 Å². The van der Waals surface area contributed by atoms with Crippen molar-refractivity contribution < 1.29 is 14.3 Å². The van der Waals surface area contributed by atoms with Gasteiger partial charge in [-0.2, -0.15) is 0 Å². The summed E-state index contributed by atoms with van der Waals surface area (Å²) < 4.78 is 5.84. The van der Waals surface area contributed by atoms with Gasteiger partial charge in [-0.25, -0.2) is 0 Å². The minimum Gasteiger partial charge on any atom is -0.496 e. The van der Waals surface area contributed by atoms with Gasteiger partial charge in [-0.15, -0.1) is 0 Å². The summed E-state index contributed by atoms with van der Waals surface area (Å²) in [6.45, 7) is 1.99. The number of rotatable bonds is 5. The summed E-state index contributed by atoms with van der Waals surface area (Å²) in [5.74, 6) is 0.679. The molecule has 0 bridgehead atoms. The summed E-state index contributed by atoms with van der Waals surface area (Å²) in [7, 11) is 1.60. The molecule has 7 heteroatoms. The number of carbonyl (C=O) groups excluding carboxylic acids is 2. The van der Waals surface area contributed by atoms with Crippen LogP contribution in [0.4, 0.5) is 0 Å². The number of hydrogen-bond donors (Lipinski definition) is 0. The second-order valence-corrected chi connectivity index (χ2v) is 8.30. The third kappa shape index (κ3) is 4.90. The number of ether oxygens (including phenoxy) is 1. The normalized spacial score (nSPS) is 19.5. The van der Waals surface area contributed by atoms with Gasteiger partial charge in [0.15, 0.2) is 0 Å². The van der Waals surface area contributed by atoms with Gasteiger partial charge in [0.2, 0.25) is 5.91 Å².